The van der Waals surface area contributed by atoms with Crippen molar-refractivity contribution in [2.24, 2.45) is 5.92 Å². The smallest absolute Gasteiger partial charge is 0.123 e. The van der Waals surface area contributed by atoms with E-state index in [-0.39, 0.29) is 18.3 Å². The van der Waals surface area contributed by atoms with Crippen molar-refractivity contribution in [2.75, 3.05) is 12.4 Å². The van der Waals surface area contributed by atoms with Gasteiger partial charge in [-0.25, -0.2) is 4.39 Å². The third kappa shape index (κ3) is 4.99. The Bertz CT molecular complexity index is 498. The van der Waals surface area contributed by atoms with Crippen molar-refractivity contribution in [1.82, 2.24) is 0 Å². The molecule has 0 saturated heterocycles. The largest absolute Gasteiger partial charge is 0.396 e. The number of aliphatic hydroxyl groups is 1. The maximum Gasteiger partial charge on any atom is 0.123 e. The molecule has 1 nitrogen and oxygen atoms in total. The molecule has 0 radical (unpaired) electrons. The number of benzene rings is 2. The zero-order valence-electron chi connectivity index (χ0n) is 11.3. The highest BCUT2D eigenvalue weighted by Gasteiger charge is 2.09. The van der Waals surface area contributed by atoms with Crippen LogP contribution in [0.2, 0.25) is 0 Å². The monoisotopic (exact) mass is 290 g/mol. The van der Waals surface area contributed by atoms with Crippen molar-refractivity contribution in [3.63, 3.8) is 0 Å². The molecule has 2 aromatic rings. The van der Waals surface area contributed by atoms with Gasteiger partial charge in [0, 0.05) is 11.5 Å². The van der Waals surface area contributed by atoms with E-state index in [0.29, 0.717) is 0 Å². The molecule has 2 rings (SSSR count). The normalized spacial score (nSPS) is 12.3. The number of rotatable bonds is 7. The summed E-state index contributed by atoms with van der Waals surface area (Å²) in [6, 6.07) is 16.8. The summed E-state index contributed by atoms with van der Waals surface area (Å²) in [6.45, 7) is 0.173. The molecule has 0 spiro atoms. The maximum absolute atomic E-state index is 12.8. The third-order valence-electron chi connectivity index (χ3n) is 3.23. The zero-order chi connectivity index (χ0) is 14.2. The van der Waals surface area contributed by atoms with E-state index in [2.05, 4.69) is 12.1 Å². The number of hydrogen-bond donors (Lipinski definition) is 1. The van der Waals surface area contributed by atoms with Crippen LogP contribution >= 0.6 is 11.8 Å². The standard InChI is InChI=1S/C17H19FOS/c18-16-8-6-14(7-9-16)12-15(13-19)10-11-20-17-4-2-1-3-5-17/h1-9,15,19H,10-13H2. The first-order valence-electron chi connectivity index (χ1n) is 6.81. The molecule has 0 fully saturated rings. The van der Waals surface area contributed by atoms with Crippen LogP contribution in [0.1, 0.15) is 12.0 Å². The molecule has 1 N–H and O–H groups in total. The van der Waals surface area contributed by atoms with Crippen molar-refractivity contribution in [1.29, 1.82) is 0 Å². The molecule has 0 bridgehead atoms. The average molecular weight is 290 g/mol. The molecule has 0 saturated carbocycles. The number of halogens is 1. The van der Waals surface area contributed by atoms with E-state index < -0.39 is 0 Å². The van der Waals surface area contributed by atoms with E-state index in [9.17, 15) is 9.50 Å². The Morgan fingerprint density at radius 3 is 2.35 bits per heavy atom. The molecule has 1 atom stereocenters. The first kappa shape index (κ1) is 15.1. The predicted molar refractivity (Wildman–Crippen MR) is 82.5 cm³/mol. The minimum absolute atomic E-state index is 0.173. The Morgan fingerprint density at radius 1 is 1.00 bits per heavy atom. The van der Waals surface area contributed by atoms with E-state index in [1.807, 2.05) is 18.2 Å². The second-order valence-electron chi connectivity index (χ2n) is 4.83. The van der Waals surface area contributed by atoms with Gasteiger partial charge in [-0.2, -0.15) is 0 Å². The predicted octanol–water partition coefficient (Wildman–Crippen LogP) is 4.16. The molecule has 0 amide bonds. The van der Waals surface area contributed by atoms with Gasteiger partial charge in [-0.3, -0.25) is 0 Å². The topological polar surface area (TPSA) is 20.2 Å². The molecule has 0 aliphatic rings. The Morgan fingerprint density at radius 2 is 1.70 bits per heavy atom. The van der Waals surface area contributed by atoms with E-state index in [1.54, 1.807) is 23.9 Å². The molecule has 0 aliphatic carbocycles. The molecule has 2 aromatic carbocycles. The maximum atomic E-state index is 12.8. The zero-order valence-corrected chi connectivity index (χ0v) is 12.2. The van der Waals surface area contributed by atoms with Crippen LogP contribution in [0.5, 0.6) is 0 Å². The Hall–Kier alpha value is -1.32. The van der Waals surface area contributed by atoms with E-state index in [4.69, 9.17) is 0 Å². The second-order valence-corrected chi connectivity index (χ2v) is 6.00. The summed E-state index contributed by atoms with van der Waals surface area (Å²) in [5.41, 5.74) is 1.08. The Labute approximate surface area is 123 Å². The van der Waals surface area contributed by atoms with Gasteiger partial charge in [0.1, 0.15) is 5.82 Å². The fourth-order valence-electron chi connectivity index (χ4n) is 2.07. The molecule has 20 heavy (non-hydrogen) atoms. The summed E-state index contributed by atoms with van der Waals surface area (Å²) in [6.07, 6.45) is 1.75. The fourth-order valence-corrected chi connectivity index (χ4v) is 3.11. The molecule has 106 valence electrons. The van der Waals surface area contributed by atoms with Gasteiger partial charge in [-0.05, 0) is 54.3 Å². The number of hydrogen-bond acceptors (Lipinski definition) is 2. The van der Waals surface area contributed by atoms with Gasteiger partial charge in [0.2, 0.25) is 0 Å². The van der Waals surface area contributed by atoms with E-state index in [0.717, 1.165) is 24.2 Å². The minimum Gasteiger partial charge on any atom is -0.396 e. The minimum atomic E-state index is -0.214. The summed E-state index contributed by atoms with van der Waals surface area (Å²) >= 11 is 1.81. The van der Waals surface area contributed by atoms with Gasteiger partial charge in [0.05, 0.1) is 0 Å². The summed E-state index contributed by atoms with van der Waals surface area (Å²) in [5, 5.41) is 9.46. The van der Waals surface area contributed by atoms with Crippen LogP contribution in [0.4, 0.5) is 4.39 Å². The highest BCUT2D eigenvalue weighted by Crippen LogP contribution is 2.21. The van der Waals surface area contributed by atoms with Gasteiger partial charge in [0.25, 0.3) is 0 Å². The summed E-state index contributed by atoms with van der Waals surface area (Å²) in [5.74, 6) is 1.00. The molecule has 0 aromatic heterocycles. The highest BCUT2D eigenvalue weighted by molar-refractivity contribution is 7.99. The van der Waals surface area contributed by atoms with Crippen LogP contribution < -0.4 is 0 Å². The lowest BCUT2D eigenvalue weighted by atomic mass is 9.98. The number of aliphatic hydroxyl groups excluding tert-OH is 1. The van der Waals surface area contributed by atoms with Crippen LogP contribution in [-0.2, 0) is 6.42 Å². The second kappa shape index (κ2) is 8.08. The Balaban J connectivity index is 1.79. The molecule has 0 aliphatic heterocycles. The molecule has 1 unspecified atom stereocenters. The SMILES string of the molecule is OCC(CCSc1ccccc1)Cc1ccc(F)cc1. The molecular weight excluding hydrogens is 271 g/mol. The lowest BCUT2D eigenvalue weighted by molar-refractivity contribution is 0.223. The quantitative estimate of drug-likeness (QED) is 0.773. The Kier molecular flexibility index (Phi) is 6.09. The van der Waals surface area contributed by atoms with Gasteiger partial charge >= 0.3 is 0 Å². The molecule has 3 heteroatoms. The average Bonchev–Trinajstić information content (AvgIpc) is 2.49. The van der Waals surface area contributed by atoms with Gasteiger partial charge < -0.3 is 5.11 Å². The first-order chi connectivity index (χ1) is 9.78. The van der Waals surface area contributed by atoms with Gasteiger partial charge in [0.15, 0.2) is 0 Å². The van der Waals surface area contributed by atoms with E-state index >= 15 is 0 Å². The van der Waals surface area contributed by atoms with Crippen LogP contribution in [0, 0.1) is 11.7 Å². The highest BCUT2D eigenvalue weighted by atomic mass is 32.2. The molecule has 0 heterocycles. The van der Waals surface area contributed by atoms with Crippen LogP contribution in [0.15, 0.2) is 59.5 Å². The summed E-state index contributed by atoms with van der Waals surface area (Å²) in [4.78, 5) is 1.26. The van der Waals surface area contributed by atoms with Crippen molar-refractivity contribution < 1.29 is 9.50 Å². The van der Waals surface area contributed by atoms with Crippen molar-refractivity contribution in [3.8, 4) is 0 Å². The lowest BCUT2D eigenvalue weighted by Gasteiger charge is -2.14. The van der Waals surface area contributed by atoms with Crippen LogP contribution in [0.25, 0.3) is 0 Å². The van der Waals surface area contributed by atoms with Crippen LogP contribution in [-0.4, -0.2) is 17.5 Å². The summed E-state index contributed by atoms with van der Waals surface area (Å²) < 4.78 is 12.8. The third-order valence-corrected chi connectivity index (χ3v) is 4.28. The van der Waals surface area contributed by atoms with Crippen LogP contribution in [0.3, 0.4) is 0 Å². The van der Waals surface area contributed by atoms with Gasteiger partial charge in [-0.1, -0.05) is 30.3 Å². The van der Waals surface area contributed by atoms with Crippen molar-refractivity contribution >= 4 is 11.8 Å². The van der Waals surface area contributed by atoms with Crippen molar-refractivity contribution in [2.45, 2.75) is 17.7 Å². The first-order valence-corrected chi connectivity index (χ1v) is 7.79. The lowest BCUT2D eigenvalue weighted by Crippen LogP contribution is -2.10. The molecular formula is C17H19FOS. The van der Waals surface area contributed by atoms with Crippen molar-refractivity contribution in [3.05, 3.63) is 66.0 Å². The van der Waals surface area contributed by atoms with E-state index in [1.165, 1.54) is 17.0 Å². The van der Waals surface area contributed by atoms with Gasteiger partial charge in [-0.15, -0.1) is 11.8 Å². The summed E-state index contributed by atoms with van der Waals surface area (Å²) in [7, 11) is 0. The number of thioether (sulfide) groups is 1. The fraction of sp³-hybridized carbons (Fsp3) is 0.294.